The molecule has 320 valence electrons. The van der Waals surface area contributed by atoms with Crippen molar-refractivity contribution in [3.63, 3.8) is 0 Å². The minimum Gasteiger partial charge on any atom is -0.457 e. The van der Waals surface area contributed by atoms with Crippen LogP contribution in [0.15, 0.2) is 48.6 Å². The van der Waals surface area contributed by atoms with Gasteiger partial charge in [0.2, 0.25) is 0 Å². The molecule has 13 heteroatoms. The zero-order valence-corrected chi connectivity index (χ0v) is 34.5. The van der Waals surface area contributed by atoms with Crippen molar-refractivity contribution in [3.8, 4) is 0 Å². The third-order valence-corrected chi connectivity index (χ3v) is 9.65. The minimum absolute atomic E-state index is 0.0223. The third-order valence-electron chi connectivity index (χ3n) is 9.18. The van der Waals surface area contributed by atoms with Crippen molar-refractivity contribution in [2.45, 2.75) is 185 Å². The van der Waals surface area contributed by atoms with E-state index in [-0.39, 0.29) is 19.6 Å². The average molecular weight is 803 g/mol. The van der Waals surface area contributed by atoms with Gasteiger partial charge in [-0.2, -0.15) is 8.42 Å². The molecule has 1 aliphatic heterocycles. The van der Waals surface area contributed by atoms with Crippen molar-refractivity contribution in [2.75, 3.05) is 26.4 Å². The first-order valence-electron chi connectivity index (χ1n) is 20.9. The van der Waals surface area contributed by atoms with Crippen LogP contribution < -0.4 is 0 Å². The van der Waals surface area contributed by atoms with Crippen molar-refractivity contribution < 1.29 is 56.2 Å². The lowest BCUT2D eigenvalue weighted by Gasteiger charge is -2.41. The molecule has 12 nitrogen and oxygen atoms in total. The lowest BCUT2D eigenvalue weighted by Crippen LogP contribution is -2.60. The van der Waals surface area contributed by atoms with Crippen LogP contribution in [-0.4, -0.2) is 97.5 Å². The second-order valence-electron chi connectivity index (χ2n) is 14.2. The van der Waals surface area contributed by atoms with Gasteiger partial charge in [0.15, 0.2) is 6.29 Å². The van der Waals surface area contributed by atoms with Crippen LogP contribution in [0.2, 0.25) is 0 Å². The maximum absolute atomic E-state index is 12.8. The summed E-state index contributed by atoms with van der Waals surface area (Å²) in [7, 11) is -5.06. The number of carbonyl (C=O) groups is 1. The summed E-state index contributed by atoms with van der Waals surface area (Å²) in [5.74, 6) is -0.417. The molecule has 0 aromatic heterocycles. The third kappa shape index (κ3) is 28.2. The molecule has 55 heavy (non-hydrogen) atoms. The van der Waals surface area contributed by atoms with E-state index in [9.17, 15) is 28.5 Å². The maximum Gasteiger partial charge on any atom is 0.397 e. The van der Waals surface area contributed by atoms with E-state index in [2.05, 4.69) is 66.6 Å². The molecule has 0 spiro atoms. The van der Waals surface area contributed by atoms with Crippen molar-refractivity contribution in [3.05, 3.63) is 48.6 Å². The van der Waals surface area contributed by atoms with Gasteiger partial charge in [0.05, 0.1) is 19.8 Å². The Morgan fingerprint density at radius 3 is 1.85 bits per heavy atom. The van der Waals surface area contributed by atoms with Crippen LogP contribution in [0.1, 0.15) is 149 Å². The Kier molecular flexibility index (Phi) is 31.7. The summed E-state index contributed by atoms with van der Waals surface area (Å²) in [6, 6.07) is 0. The number of ether oxygens (including phenoxy) is 4. The number of esters is 1. The van der Waals surface area contributed by atoms with Gasteiger partial charge < -0.3 is 34.3 Å². The monoisotopic (exact) mass is 802 g/mol. The Bertz CT molecular complexity index is 1160. The molecule has 1 saturated heterocycles. The molecule has 0 aromatic rings. The van der Waals surface area contributed by atoms with E-state index >= 15 is 0 Å². The van der Waals surface area contributed by atoms with Gasteiger partial charge in [-0.3, -0.25) is 9.35 Å². The number of carbonyl (C=O) groups excluding carboxylic acids is 1. The summed E-state index contributed by atoms with van der Waals surface area (Å²) in [5.41, 5.74) is 0. The van der Waals surface area contributed by atoms with Crippen LogP contribution in [0.25, 0.3) is 0 Å². The van der Waals surface area contributed by atoms with Gasteiger partial charge in [-0.1, -0.05) is 120 Å². The maximum atomic E-state index is 12.8. The zero-order valence-electron chi connectivity index (χ0n) is 33.7. The highest BCUT2D eigenvalue weighted by Gasteiger charge is 2.48. The first-order chi connectivity index (χ1) is 26.6. The molecule has 1 heterocycles. The molecule has 0 saturated carbocycles. The Morgan fingerprint density at radius 1 is 0.709 bits per heavy atom. The van der Waals surface area contributed by atoms with Gasteiger partial charge in [0.25, 0.3) is 0 Å². The van der Waals surface area contributed by atoms with E-state index < -0.39 is 59.8 Å². The van der Waals surface area contributed by atoms with Gasteiger partial charge >= 0.3 is 16.4 Å². The summed E-state index contributed by atoms with van der Waals surface area (Å²) >= 11 is 0. The predicted octanol–water partition coefficient (Wildman–Crippen LogP) is 8.02. The van der Waals surface area contributed by atoms with E-state index in [1.807, 2.05) is 0 Å². The number of hydrogen-bond acceptors (Lipinski definition) is 11. The molecule has 1 aliphatic rings. The van der Waals surface area contributed by atoms with Crippen LogP contribution in [0.5, 0.6) is 0 Å². The van der Waals surface area contributed by atoms with Crippen LogP contribution in [0.3, 0.4) is 0 Å². The summed E-state index contributed by atoms with van der Waals surface area (Å²) < 4.78 is 58.9. The van der Waals surface area contributed by atoms with Crippen molar-refractivity contribution in [2.24, 2.45) is 0 Å². The highest BCUT2D eigenvalue weighted by atomic mass is 32.3. The summed E-state index contributed by atoms with van der Waals surface area (Å²) in [6.07, 6.45) is 30.1. The number of aliphatic hydroxyl groups excluding tert-OH is 3. The van der Waals surface area contributed by atoms with Crippen molar-refractivity contribution >= 4 is 16.4 Å². The van der Waals surface area contributed by atoms with E-state index in [1.54, 1.807) is 0 Å². The number of unbranched alkanes of at least 4 members (excludes halogenated alkanes) is 14. The second-order valence-corrected chi connectivity index (χ2v) is 15.2. The topological polar surface area (TPSA) is 178 Å². The molecule has 0 radical (unpaired) electrons. The molecule has 0 aromatic carbocycles. The molecule has 6 atom stereocenters. The van der Waals surface area contributed by atoms with Gasteiger partial charge in [0, 0.05) is 13.0 Å². The van der Waals surface area contributed by atoms with Gasteiger partial charge in [-0.25, -0.2) is 4.18 Å². The van der Waals surface area contributed by atoms with Crippen LogP contribution in [0.4, 0.5) is 0 Å². The van der Waals surface area contributed by atoms with Crippen LogP contribution in [-0.2, 0) is 38.3 Å². The normalized spacial score (nSPS) is 21.5. The quantitative estimate of drug-likeness (QED) is 0.0210. The SMILES string of the molecule is CC/C=C\C/C=C\C/C=C\CCCCCCCCOCC(COC1OC(CO)C(O)C(OS(=O)(=O)O)C1O)OC(=O)CCCCCCC/C=C\CCCCC. The van der Waals surface area contributed by atoms with E-state index in [0.717, 1.165) is 89.9 Å². The predicted molar refractivity (Wildman–Crippen MR) is 216 cm³/mol. The molecular formula is C42H74O12S. The molecule has 1 rings (SSSR count). The first-order valence-corrected chi connectivity index (χ1v) is 22.3. The fourth-order valence-corrected chi connectivity index (χ4v) is 6.54. The second kappa shape index (κ2) is 34.1. The number of hydrogen-bond donors (Lipinski definition) is 4. The highest BCUT2D eigenvalue weighted by Crippen LogP contribution is 2.26. The summed E-state index contributed by atoms with van der Waals surface area (Å²) in [5, 5.41) is 30.6. The Labute approximate surface area is 332 Å². The van der Waals surface area contributed by atoms with E-state index in [0.29, 0.717) is 13.0 Å². The fourth-order valence-electron chi connectivity index (χ4n) is 6.03. The number of rotatable bonds is 35. The Hall–Kier alpha value is -1.94. The zero-order chi connectivity index (χ0) is 40.4. The Morgan fingerprint density at radius 2 is 1.25 bits per heavy atom. The van der Waals surface area contributed by atoms with Crippen LogP contribution in [0, 0.1) is 0 Å². The summed E-state index contributed by atoms with van der Waals surface area (Å²) in [4.78, 5) is 12.8. The average Bonchev–Trinajstić information content (AvgIpc) is 3.15. The lowest BCUT2D eigenvalue weighted by molar-refractivity contribution is -0.301. The van der Waals surface area contributed by atoms with Crippen molar-refractivity contribution in [1.29, 1.82) is 0 Å². The van der Waals surface area contributed by atoms with E-state index in [4.69, 9.17) is 23.5 Å². The Balaban J connectivity index is 2.48. The van der Waals surface area contributed by atoms with Crippen molar-refractivity contribution in [1.82, 2.24) is 0 Å². The van der Waals surface area contributed by atoms with Gasteiger partial charge in [-0.15, -0.1) is 0 Å². The lowest BCUT2D eigenvalue weighted by atomic mass is 9.99. The molecule has 0 aliphatic carbocycles. The van der Waals surface area contributed by atoms with Gasteiger partial charge in [-0.05, 0) is 70.6 Å². The molecule has 4 N–H and O–H groups in total. The number of aliphatic hydroxyl groups is 3. The smallest absolute Gasteiger partial charge is 0.397 e. The summed E-state index contributed by atoms with van der Waals surface area (Å²) in [6.45, 7) is 3.79. The minimum atomic E-state index is -5.06. The molecule has 0 amide bonds. The van der Waals surface area contributed by atoms with Crippen LogP contribution >= 0.6 is 0 Å². The molecular weight excluding hydrogens is 729 g/mol. The molecule has 6 unspecified atom stereocenters. The molecule has 0 bridgehead atoms. The molecule has 1 fully saturated rings. The van der Waals surface area contributed by atoms with Gasteiger partial charge in [0.1, 0.15) is 30.5 Å². The number of allylic oxidation sites excluding steroid dienone is 8. The van der Waals surface area contributed by atoms with E-state index in [1.165, 1.54) is 32.1 Å². The largest absolute Gasteiger partial charge is 0.457 e. The standard InChI is InChI=1S/C42H74O12S/c1-3-5-7-9-11-13-15-17-18-19-20-22-24-26-28-30-32-50-34-36(52-38(44)31-29-27-25-23-21-16-14-12-10-8-6-4-2)35-51-42-40(46)41(54-55(47,48)49)39(45)37(33-43)53-42/h5,7,11-14,17-18,36-37,39-43,45-46H,3-4,6,8-10,15-16,19-35H2,1-2H3,(H,47,48,49)/b7-5-,13-11-,14-12-,18-17-. The first kappa shape index (κ1) is 51.1. The fraction of sp³-hybridized carbons (Fsp3) is 0.786. The highest BCUT2D eigenvalue weighted by molar-refractivity contribution is 7.80.